The van der Waals surface area contributed by atoms with Crippen molar-refractivity contribution in [3.8, 4) is 0 Å². The van der Waals surface area contributed by atoms with E-state index in [0.717, 1.165) is 31.4 Å². The molecule has 6 nitrogen and oxygen atoms in total. The van der Waals surface area contributed by atoms with Gasteiger partial charge in [0.2, 0.25) is 0 Å². The molecule has 1 atom stereocenters. The lowest BCUT2D eigenvalue weighted by atomic mass is 9.87. The Hall–Kier alpha value is -2.24. The largest absolute Gasteiger partial charge is 0.272 e. The lowest BCUT2D eigenvalue weighted by Crippen LogP contribution is -2.28. The minimum atomic E-state index is -0.457. The number of anilines is 1. The predicted molar refractivity (Wildman–Crippen MR) is 70.0 cm³/mol. The molecule has 0 radical (unpaired) electrons. The van der Waals surface area contributed by atoms with Crippen LogP contribution in [0.4, 0.5) is 11.4 Å². The van der Waals surface area contributed by atoms with E-state index in [1.54, 1.807) is 12.1 Å². The Morgan fingerprint density at radius 3 is 2.63 bits per heavy atom. The molecule has 0 saturated heterocycles. The van der Waals surface area contributed by atoms with Crippen molar-refractivity contribution in [3.05, 3.63) is 34.4 Å². The van der Waals surface area contributed by atoms with Crippen LogP contribution in [0.15, 0.2) is 29.4 Å². The first-order valence-corrected chi connectivity index (χ1v) is 6.32. The van der Waals surface area contributed by atoms with E-state index in [4.69, 9.17) is 0 Å². The van der Waals surface area contributed by atoms with Crippen molar-refractivity contribution in [2.75, 3.05) is 5.01 Å². The van der Waals surface area contributed by atoms with E-state index in [-0.39, 0.29) is 17.5 Å². The number of nitrogens with zero attached hydrogens (tertiary/aromatic N) is 3. The number of carbonyl (C=O) groups is 1. The monoisotopic (exact) mass is 259 g/mol. The molecule has 6 heteroatoms. The molecular weight excluding hydrogens is 246 g/mol. The number of benzene rings is 1. The van der Waals surface area contributed by atoms with Gasteiger partial charge in [-0.2, -0.15) is 5.10 Å². The number of nitro groups is 1. The molecule has 1 fully saturated rings. The van der Waals surface area contributed by atoms with Crippen LogP contribution in [0, 0.1) is 16.0 Å². The molecule has 19 heavy (non-hydrogen) atoms. The highest BCUT2D eigenvalue weighted by Crippen LogP contribution is 2.32. The molecule has 1 amide bonds. The fourth-order valence-corrected chi connectivity index (χ4v) is 2.61. The van der Waals surface area contributed by atoms with Crippen molar-refractivity contribution in [2.45, 2.75) is 25.7 Å². The number of amides is 1. The third-order valence-electron chi connectivity index (χ3n) is 3.62. The first-order chi connectivity index (χ1) is 9.16. The van der Waals surface area contributed by atoms with Crippen molar-refractivity contribution in [2.24, 2.45) is 11.0 Å². The van der Waals surface area contributed by atoms with Crippen LogP contribution in [0.1, 0.15) is 25.7 Å². The van der Waals surface area contributed by atoms with Gasteiger partial charge >= 0.3 is 0 Å². The van der Waals surface area contributed by atoms with E-state index in [9.17, 15) is 14.9 Å². The fraction of sp³-hybridized carbons (Fsp3) is 0.385. The third-order valence-corrected chi connectivity index (χ3v) is 3.62. The van der Waals surface area contributed by atoms with Crippen molar-refractivity contribution < 1.29 is 9.72 Å². The number of carbonyl (C=O) groups excluding carboxylic acids is 1. The summed E-state index contributed by atoms with van der Waals surface area (Å²) >= 11 is 0. The number of rotatable bonds is 2. The normalized spacial score (nSPS) is 22.1. The second-order valence-electron chi connectivity index (χ2n) is 4.81. The molecule has 0 N–H and O–H groups in total. The van der Waals surface area contributed by atoms with Crippen molar-refractivity contribution >= 4 is 23.0 Å². The highest BCUT2D eigenvalue weighted by atomic mass is 16.6. The Labute approximate surface area is 109 Å². The lowest BCUT2D eigenvalue weighted by molar-refractivity contribution is -0.384. The van der Waals surface area contributed by atoms with Gasteiger partial charge in [-0.1, -0.05) is 6.42 Å². The van der Waals surface area contributed by atoms with E-state index in [0.29, 0.717) is 5.69 Å². The van der Waals surface area contributed by atoms with Gasteiger partial charge in [0.05, 0.1) is 22.2 Å². The van der Waals surface area contributed by atoms with Crippen LogP contribution in [0.25, 0.3) is 0 Å². The fourth-order valence-electron chi connectivity index (χ4n) is 2.61. The van der Waals surface area contributed by atoms with Gasteiger partial charge < -0.3 is 0 Å². The molecule has 1 saturated carbocycles. The van der Waals surface area contributed by atoms with Crippen LogP contribution >= 0.6 is 0 Å². The molecule has 1 aromatic rings. The predicted octanol–water partition coefficient (Wildman–Crippen LogP) is 2.49. The summed E-state index contributed by atoms with van der Waals surface area (Å²) in [5.41, 5.74) is 1.56. The summed E-state index contributed by atoms with van der Waals surface area (Å²) in [6.45, 7) is 0. The van der Waals surface area contributed by atoms with Gasteiger partial charge in [-0.3, -0.25) is 14.9 Å². The van der Waals surface area contributed by atoms with E-state index >= 15 is 0 Å². The Morgan fingerprint density at radius 1 is 1.26 bits per heavy atom. The maximum absolute atomic E-state index is 12.2. The maximum Gasteiger partial charge on any atom is 0.269 e. The number of fused-ring (bicyclic) bond motifs is 1. The third kappa shape index (κ3) is 1.99. The smallest absolute Gasteiger partial charge is 0.269 e. The quantitative estimate of drug-likeness (QED) is 0.604. The van der Waals surface area contributed by atoms with Gasteiger partial charge in [-0.15, -0.1) is 0 Å². The molecule has 1 aliphatic heterocycles. The Bertz CT molecular complexity index is 565. The zero-order chi connectivity index (χ0) is 13.4. The van der Waals surface area contributed by atoms with Gasteiger partial charge in [0.1, 0.15) is 0 Å². The minimum absolute atomic E-state index is 0.0106. The van der Waals surface area contributed by atoms with Gasteiger partial charge in [-0.05, 0) is 31.4 Å². The molecule has 1 aliphatic carbocycles. The molecule has 0 aromatic heterocycles. The molecule has 1 aromatic carbocycles. The zero-order valence-corrected chi connectivity index (χ0v) is 10.3. The zero-order valence-electron chi connectivity index (χ0n) is 10.3. The minimum Gasteiger partial charge on any atom is -0.272 e. The van der Waals surface area contributed by atoms with E-state index in [1.807, 2.05) is 0 Å². The first kappa shape index (κ1) is 11.8. The average molecular weight is 259 g/mol. The average Bonchev–Trinajstić information content (AvgIpc) is 2.77. The number of non-ortho nitro benzene ring substituents is 1. The Balaban J connectivity index is 1.88. The number of nitro benzene ring substituents is 1. The number of hydrogen-bond acceptors (Lipinski definition) is 4. The standard InChI is InChI=1S/C13H13N3O3/c17-13-11-3-1-2-4-12(11)14-15(13)9-5-7-10(8-6-9)16(18)19/h5-8,11H,1-4H2. The Morgan fingerprint density at radius 2 is 2.00 bits per heavy atom. The summed E-state index contributed by atoms with van der Waals surface area (Å²) in [5.74, 6) is -0.0903. The molecule has 0 bridgehead atoms. The van der Waals surface area contributed by atoms with Gasteiger partial charge in [0.15, 0.2) is 0 Å². The second-order valence-corrected chi connectivity index (χ2v) is 4.81. The Kier molecular flexibility index (Phi) is 2.77. The summed E-state index contributed by atoms with van der Waals surface area (Å²) in [5, 5.41) is 16.4. The SMILES string of the molecule is O=C1C2CCCCC2=NN1c1ccc([N+](=O)[O-])cc1. The second kappa shape index (κ2) is 4.46. The number of hydrazone groups is 1. The van der Waals surface area contributed by atoms with Crippen molar-refractivity contribution in [1.82, 2.24) is 0 Å². The van der Waals surface area contributed by atoms with Crippen molar-refractivity contribution in [1.29, 1.82) is 0 Å². The molecule has 1 heterocycles. The van der Waals surface area contributed by atoms with Gasteiger partial charge in [0.25, 0.3) is 11.6 Å². The van der Waals surface area contributed by atoms with Crippen LogP contribution in [0.2, 0.25) is 0 Å². The van der Waals surface area contributed by atoms with Crippen LogP contribution in [-0.4, -0.2) is 16.5 Å². The van der Waals surface area contributed by atoms with Crippen LogP contribution in [0.3, 0.4) is 0 Å². The van der Waals surface area contributed by atoms with Crippen LogP contribution in [0.5, 0.6) is 0 Å². The van der Waals surface area contributed by atoms with Gasteiger partial charge in [0, 0.05) is 12.1 Å². The molecule has 1 unspecified atom stereocenters. The summed E-state index contributed by atoms with van der Waals surface area (Å²) in [6, 6.07) is 5.92. The summed E-state index contributed by atoms with van der Waals surface area (Å²) in [4.78, 5) is 22.4. The molecule has 2 aliphatic rings. The molecule has 0 spiro atoms. The molecule has 3 rings (SSSR count). The summed E-state index contributed by atoms with van der Waals surface area (Å²) in [6.07, 6.45) is 3.88. The highest BCUT2D eigenvalue weighted by molar-refractivity contribution is 6.15. The van der Waals surface area contributed by atoms with E-state index in [1.165, 1.54) is 17.1 Å². The first-order valence-electron chi connectivity index (χ1n) is 6.32. The van der Waals surface area contributed by atoms with Gasteiger partial charge in [-0.25, -0.2) is 5.01 Å². The van der Waals surface area contributed by atoms with Crippen LogP contribution in [-0.2, 0) is 4.79 Å². The lowest BCUT2D eigenvalue weighted by Gasteiger charge is -2.16. The van der Waals surface area contributed by atoms with E-state index < -0.39 is 4.92 Å². The van der Waals surface area contributed by atoms with Crippen molar-refractivity contribution in [3.63, 3.8) is 0 Å². The molecular formula is C13H13N3O3. The van der Waals surface area contributed by atoms with Crippen LogP contribution < -0.4 is 5.01 Å². The highest BCUT2D eigenvalue weighted by Gasteiger charge is 2.37. The summed E-state index contributed by atoms with van der Waals surface area (Å²) < 4.78 is 0. The molecule has 98 valence electrons. The number of hydrogen-bond donors (Lipinski definition) is 0. The topological polar surface area (TPSA) is 75.8 Å². The summed E-state index contributed by atoms with van der Waals surface area (Å²) in [7, 11) is 0. The maximum atomic E-state index is 12.2. The van der Waals surface area contributed by atoms with E-state index in [2.05, 4.69) is 5.10 Å².